The number of pyridine rings is 1. The molecule has 0 saturated heterocycles. The van der Waals surface area contributed by atoms with Gasteiger partial charge in [0.05, 0.1) is 11.9 Å². The van der Waals surface area contributed by atoms with Gasteiger partial charge in [0, 0.05) is 19.3 Å². The minimum atomic E-state index is 0.728. The molecular formula is C11H12ClN3S. The first kappa shape index (κ1) is 11.5. The van der Waals surface area contributed by atoms with Crippen molar-refractivity contribution in [3.05, 3.63) is 45.1 Å². The molecule has 5 heteroatoms. The van der Waals surface area contributed by atoms with Gasteiger partial charge in [-0.1, -0.05) is 17.7 Å². The van der Waals surface area contributed by atoms with Gasteiger partial charge >= 0.3 is 0 Å². The van der Waals surface area contributed by atoms with Gasteiger partial charge in [-0.05, 0) is 18.6 Å². The van der Waals surface area contributed by atoms with Crippen molar-refractivity contribution >= 4 is 22.9 Å². The van der Waals surface area contributed by atoms with Crippen molar-refractivity contribution < 1.29 is 0 Å². The van der Waals surface area contributed by atoms with Gasteiger partial charge in [-0.15, -0.1) is 11.3 Å². The molecule has 0 aromatic carbocycles. The molecule has 16 heavy (non-hydrogen) atoms. The largest absolute Gasteiger partial charge is 0.305 e. The highest BCUT2D eigenvalue weighted by molar-refractivity contribution is 7.15. The number of hydrogen-bond acceptors (Lipinski definition) is 4. The van der Waals surface area contributed by atoms with Crippen LogP contribution in [0.3, 0.4) is 0 Å². The van der Waals surface area contributed by atoms with Crippen molar-refractivity contribution in [2.24, 2.45) is 0 Å². The van der Waals surface area contributed by atoms with E-state index in [4.69, 9.17) is 11.6 Å². The first-order valence-corrected chi connectivity index (χ1v) is 6.16. The van der Waals surface area contributed by atoms with E-state index in [-0.39, 0.29) is 0 Å². The Kier molecular flexibility index (Phi) is 3.88. The summed E-state index contributed by atoms with van der Waals surface area (Å²) < 4.78 is 0.728. The van der Waals surface area contributed by atoms with Crippen LogP contribution in [0, 0.1) is 6.92 Å². The van der Waals surface area contributed by atoms with Gasteiger partial charge in [0.2, 0.25) is 0 Å². The smallest absolute Gasteiger partial charge is 0.113 e. The summed E-state index contributed by atoms with van der Waals surface area (Å²) in [5.41, 5.74) is 2.28. The van der Waals surface area contributed by atoms with E-state index in [0.717, 1.165) is 28.1 Å². The van der Waals surface area contributed by atoms with Crippen LogP contribution in [-0.4, -0.2) is 9.97 Å². The summed E-state index contributed by atoms with van der Waals surface area (Å²) in [6, 6.07) is 4.00. The normalized spacial score (nSPS) is 10.6. The lowest BCUT2D eigenvalue weighted by Gasteiger charge is -2.04. The minimum Gasteiger partial charge on any atom is -0.305 e. The monoisotopic (exact) mass is 253 g/mol. The maximum atomic E-state index is 5.80. The van der Waals surface area contributed by atoms with Crippen molar-refractivity contribution in [2.45, 2.75) is 20.0 Å². The Morgan fingerprint density at radius 2 is 2.25 bits per heavy atom. The molecule has 0 unspecified atom stereocenters. The Balaban J connectivity index is 1.87. The summed E-state index contributed by atoms with van der Waals surface area (Å²) in [6.07, 6.45) is 3.49. The number of nitrogens with one attached hydrogen (secondary N) is 1. The van der Waals surface area contributed by atoms with Crippen LogP contribution in [0.5, 0.6) is 0 Å². The van der Waals surface area contributed by atoms with Crippen molar-refractivity contribution in [2.75, 3.05) is 0 Å². The van der Waals surface area contributed by atoms with Gasteiger partial charge in [0.25, 0.3) is 0 Å². The van der Waals surface area contributed by atoms with Gasteiger partial charge in [-0.3, -0.25) is 4.98 Å². The van der Waals surface area contributed by atoms with Crippen LogP contribution in [0.1, 0.15) is 16.3 Å². The third kappa shape index (κ3) is 3.01. The number of thiazole rings is 1. The Morgan fingerprint density at radius 1 is 1.38 bits per heavy atom. The van der Waals surface area contributed by atoms with Crippen LogP contribution >= 0.6 is 22.9 Å². The van der Waals surface area contributed by atoms with E-state index in [0.29, 0.717) is 0 Å². The molecule has 0 aliphatic rings. The van der Waals surface area contributed by atoms with Crippen LogP contribution < -0.4 is 5.32 Å². The lowest BCUT2D eigenvalue weighted by atomic mass is 10.2. The summed E-state index contributed by atoms with van der Waals surface area (Å²) in [4.78, 5) is 8.48. The highest BCUT2D eigenvalue weighted by Crippen LogP contribution is 2.17. The Hall–Kier alpha value is -0.970. The lowest BCUT2D eigenvalue weighted by Crippen LogP contribution is -2.14. The van der Waals surface area contributed by atoms with Crippen LogP contribution in [0.25, 0.3) is 0 Å². The minimum absolute atomic E-state index is 0.728. The predicted molar refractivity (Wildman–Crippen MR) is 66.6 cm³/mol. The molecule has 3 nitrogen and oxygen atoms in total. The number of rotatable bonds is 4. The van der Waals surface area contributed by atoms with E-state index in [1.54, 1.807) is 6.20 Å². The van der Waals surface area contributed by atoms with Gasteiger partial charge in [-0.2, -0.15) is 0 Å². The highest BCUT2D eigenvalue weighted by atomic mass is 35.5. The molecule has 0 bridgehead atoms. The van der Waals surface area contributed by atoms with Crippen molar-refractivity contribution in [3.63, 3.8) is 0 Å². The number of nitrogens with zero attached hydrogens (tertiary/aromatic N) is 2. The van der Waals surface area contributed by atoms with Crippen molar-refractivity contribution in [3.8, 4) is 0 Å². The van der Waals surface area contributed by atoms with Crippen molar-refractivity contribution in [1.29, 1.82) is 0 Å². The molecule has 2 heterocycles. The Morgan fingerprint density at radius 3 is 2.94 bits per heavy atom. The van der Waals surface area contributed by atoms with Crippen LogP contribution in [-0.2, 0) is 13.1 Å². The molecule has 0 saturated carbocycles. The molecule has 0 radical (unpaired) electrons. The zero-order valence-corrected chi connectivity index (χ0v) is 10.5. The summed E-state index contributed by atoms with van der Waals surface area (Å²) in [5, 5.41) is 4.30. The molecule has 0 aliphatic carbocycles. The molecule has 2 aromatic heterocycles. The highest BCUT2D eigenvalue weighted by Gasteiger charge is 2.01. The van der Waals surface area contributed by atoms with E-state index in [1.807, 2.05) is 12.3 Å². The van der Waals surface area contributed by atoms with Crippen LogP contribution in [0.2, 0.25) is 4.34 Å². The van der Waals surface area contributed by atoms with E-state index in [1.165, 1.54) is 16.9 Å². The molecule has 2 rings (SSSR count). The van der Waals surface area contributed by atoms with Gasteiger partial charge < -0.3 is 5.32 Å². The first-order valence-electron chi connectivity index (χ1n) is 4.97. The van der Waals surface area contributed by atoms with Crippen LogP contribution in [0.4, 0.5) is 0 Å². The topological polar surface area (TPSA) is 37.8 Å². The van der Waals surface area contributed by atoms with Gasteiger partial charge in [0.1, 0.15) is 9.34 Å². The van der Waals surface area contributed by atoms with Crippen molar-refractivity contribution in [1.82, 2.24) is 15.3 Å². The van der Waals surface area contributed by atoms with Crippen LogP contribution in [0.15, 0.2) is 24.5 Å². The SMILES string of the molecule is Cc1cccnc1CNCc1ncc(Cl)s1. The van der Waals surface area contributed by atoms with E-state index in [9.17, 15) is 0 Å². The van der Waals surface area contributed by atoms with Gasteiger partial charge in [0.15, 0.2) is 0 Å². The maximum Gasteiger partial charge on any atom is 0.113 e. The average molecular weight is 254 g/mol. The fraction of sp³-hybridized carbons (Fsp3) is 0.273. The standard InChI is InChI=1S/C11H12ClN3S/c1-8-3-2-4-14-9(8)5-13-7-11-15-6-10(12)16-11/h2-4,6,13H,5,7H2,1H3. The number of aryl methyl sites for hydroxylation is 1. The van der Waals surface area contributed by atoms with E-state index in [2.05, 4.69) is 28.3 Å². The Bertz CT molecular complexity index is 470. The number of aromatic nitrogens is 2. The second kappa shape index (κ2) is 5.39. The number of halogens is 1. The molecule has 0 amide bonds. The molecule has 0 aliphatic heterocycles. The lowest BCUT2D eigenvalue weighted by molar-refractivity contribution is 0.673. The summed E-state index contributed by atoms with van der Waals surface area (Å²) in [5.74, 6) is 0. The molecule has 0 atom stereocenters. The fourth-order valence-electron chi connectivity index (χ4n) is 1.36. The maximum absolute atomic E-state index is 5.80. The number of hydrogen-bond donors (Lipinski definition) is 1. The molecule has 84 valence electrons. The summed E-state index contributed by atoms with van der Waals surface area (Å²) in [7, 11) is 0. The fourth-order valence-corrected chi connectivity index (χ4v) is 2.29. The molecular weight excluding hydrogens is 242 g/mol. The van der Waals surface area contributed by atoms with E-state index < -0.39 is 0 Å². The molecule has 2 aromatic rings. The zero-order valence-electron chi connectivity index (χ0n) is 8.90. The van der Waals surface area contributed by atoms with E-state index >= 15 is 0 Å². The molecule has 0 spiro atoms. The Labute approximate surface area is 104 Å². The quantitative estimate of drug-likeness (QED) is 0.911. The first-order chi connectivity index (χ1) is 7.75. The molecule has 1 N–H and O–H groups in total. The third-order valence-electron chi connectivity index (χ3n) is 2.21. The second-order valence-corrected chi connectivity index (χ2v) is 5.18. The summed E-state index contributed by atoms with van der Waals surface area (Å²) >= 11 is 7.30. The average Bonchev–Trinajstić information content (AvgIpc) is 2.67. The summed E-state index contributed by atoms with van der Waals surface area (Å²) in [6.45, 7) is 3.54. The van der Waals surface area contributed by atoms with Gasteiger partial charge in [-0.25, -0.2) is 4.98 Å². The second-order valence-electron chi connectivity index (χ2n) is 3.43. The third-order valence-corrected chi connectivity index (χ3v) is 3.33. The zero-order chi connectivity index (χ0) is 11.4. The predicted octanol–water partition coefficient (Wildman–Crippen LogP) is 2.79. The molecule has 0 fully saturated rings.